The van der Waals surface area contributed by atoms with E-state index in [1.54, 1.807) is 12.0 Å². The molecule has 0 aromatic rings. The molecule has 20 heavy (non-hydrogen) atoms. The lowest BCUT2D eigenvalue weighted by atomic mass is 9.78. The zero-order valence-electron chi connectivity index (χ0n) is 12.8. The SMILES string of the molecule is CCC1C(=O)NC2(CCCCC2)C(=O)N1CC(C)OC. The van der Waals surface area contributed by atoms with E-state index in [4.69, 9.17) is 4.74 Å². The fourth-order valence-electron chi connectivity index (χ4n) is 3.39. The van der Waals surface area contributed by atoms with Gasteiger partial charge in [0.25, 0.3) is 0 Å². The second-order valence-electron chi connectivity index (χ2n) is 6.06. The number of rotatable bonds is 4. The van der Waals surface area contributed by atoms with Crippen LogP contribution in [0.15, 0.2) is 0 Å². The van der Waals surface area contributed by atoms with Crippen molar-refractivity contribution < 1.29 is 14.3 Å². The number of ether oxygens (including phenoxy) is 1. The third kappa shape index (κ3) is 2.68. The highest BCUT2D eigenvalue weighted by Crippen LogP contribution is 2.33. The van der Waals surface area contributed by atoms with Gasteiger partial charge in [-0.15, -0.1) is 0 Å². The number of hydrogen-bond donors (Lipinski definition) is 1. The Morgan fingerprint density at radius 1 is 1.35 bits per heavy atom. The molecule has 2 fully saturated rings. The van der Waals surface area contributed by atoms with Crippen LogP contribution in [0.2, 0.25) is 0 Å². The number of hydrogen-bond acceptors (Lipinski definition) is 3. The summed E-state index contributed by atoms with van der Waals surface area (Å²) in [5, 5.41) is 3.03. The van der Waals surface area contributed by atoms with Crippen molar-refractivity contribution in [1.29, 1.82) is 0 Å². The molecule has 2 aliphatic rings. The van der Waals surface area contributed by atoms with E-state index >= 15 is 0 Å². The van der Waals surface area contributed by atoms with Gasteiger partial charge in [0.15, 0.2) is 0 Å². The molecule has 5 heteroatoms. The van der Waals surface area contributed by atoms with Crippen molar-refractivity contribution >= 4 is 11.8 Å². The number of piperazine rings is 1. The molecule has 1 heterocycles. The van der Waals surface area contributed by atoms with Gasteiger partial charge in [0.2, 0.25) is 11.8 Å². The molecule has 2 rings (SSSR count). The van der Waals surface area contributed by atoms with Crippen LogP contribution in [-0.4, -0.2) is 48.1 Å². The largest absolute Gasteiger partial charge is 0.380 e. The van der Waals surface area contributed by atoms with E-state index in [1.165, 1.54) is 0 Å². The third-order valence-corrected chi connectivity index (χ3v) is 4.66. The van der Waals surface area contributed by atoms with Crippen LogP contribution in [0.1, 0.15) is 52.4 Å². The number of carbonyl (C=O) groups excluding carboxylic acids is 2. The molecule has 2 amide bonds. The molecule has 2 atom stereocenters. The van der Waals surface area contributed by atoms with Crippen molar-refractivity contribution in [2.75, 3.05) is 13.7 Å². The fourth-order valence-corrected chi connectivity index (χ4v) is 3.39. The standard InChI is InChI=1S/C15H26N2O3/c1-4-12-13(18)16-15(8-6-5-7-9-15)14(19)17(12)10-11(2)20-3/h11-12H,4-10H2,1-3H3,(H,16,18). The van der Waals surface area contributed by atoms with Gasteiger partial charge in [0.05, 0.1) is 6.10 Å². The van der Waals surface area contributed by atoms with Crippen LogP contribution in [0.4, 0.5) is 0 Å². The van der Waals surface area contributed by atoms with Crippen LogP contribution in [0.3, 0.4) is 0 Å². The molecule has 5 nitrogen and oxygen atoms in total. The topological polar surface area (TPSA) is 58.6 Å². The third-order valence-electron chi connectivity index (χ3n) is 4.66. The monoisotopic (exact) mass is 282 g/mol. The molecule has 1 aliphatic carbocycles. The van der Waals surface area contributed by atoms with Crippen molar-refractivity contribution in [3.63, 3.8) is 0 Å². The number of carbonyl (C=O) groups is 2. The second kappa shape index (κ2) is 6.12. The van der Waals surface area contributed by atoms with Crippen molar-refractivity contribution in [2.45, 2.75) is 70.1 Å². The lowest BCUT2D eigenvalue weighted by molar-refractivity contribution is -0.158. The van der Waals surface area contributed by atoms with E-state index in [-0.39, 0.29) is 24.0 Å². The Bertz CT molecular complexity index is 377. The summed E-state index contributed by atoms with van der Waals surface area (Å²) in [6.45, 7) is 4.37. The first kappa shape index (κ1) is 15.3. The first-order chi connectivity index (χ1) is 9.54. The molecule has 0 bridgehead atoms. The number of amides is 2. The van der Waals surface area contributed by atoms with Crippen LogP contribution in [0.25, 0.3) is 0 Å². The number of methoxy groups -OCH3 is 1. The predicted molar refractivity (Wildman–Crippen MR) is 76.2 cm³/mol. The molecule has 114 valence electrons. The molecule has 1 aliphatic heterocycles. The van der Waals surface area contributed by atoms with Gasteiger partial charge in [-0.25, -0.2) is 0 Å². The first-order valence-corrected chi connectivity index (χ1v) is 7.70. The molecule has 0 radical (unpaired) electrons. The highest BCUT2D eigenvalue weighted by molar-refractivity contribution is 5.99. The number of nitrogens with one attached hydrogen (secondary N) is 1. The predicted octanol–water partition coefficient (Wildman–Crippen LogP) is 1.46. The molecule has 1 saturated carbocycles. The second-order valence-corrected chi connectivity index (χ2v) is 6.06. The average Bonchev–Trinajstić information content (AvgIpc) is 2.45. The summed E-state index contributed by atoms with van der Waals surface area (Å²) in [6.07, 6.45) is 5.30. The van der Waals surface area contributed by atoms with Gasteiger partial charge in [-0.1, -0.05) is 26.2 Å². The lowest BCUT2D eigenvalue weighted by Gasteiger charge is -2.48. The molecular weight excluding hydrogens is 256 g/mol. The Kier molecular flexibility index (Phi) is 4.68. The first-order valence-electron chi connectivity index (χ1n) is 7.70. The Hall–Kier alpha value is -1.10. The normalized spacial score (nSPS) is 27.6. The minimum atomic E-state index is -0.644. The molecule has 1 spiro atoms. The van der Waals surface area contributed by atoms with E-state index in [0.717, 1.165) is 32.1 Å². The summed E-state index contributed by atoms with van der Waals surface area (Å²) in [4.78, 5) is 27.1. The van der Waals surface area contributed by atoms with Crippen LogP contribution in [-0.2, 0) is 14.3 Å². The van der Waals surface area contributed by atoms with Gasteiger partial charge in [-0.3, -0.25) is 9.59 Å². The maximum Gasteiger partial charge on any atom is 0.249 e. The fraction of sp³-hybridized carbons (Fsp3) is 0.867. The van der Waals surface area contributed by atoms with E-state index in [1.807, 2.05) is 13.8 Å². The molecule has 1 N–H and O–H groups in total. The summed E-state index contributed by atoms with van der Waals surface area (Å²) < 4.78 is 5.28. The van der Waals surface area contributed by atoms with Crippen molar-refractivity contribution in [3.8, 4) is 0 Å². The highest BCUT2D eigenvalue weighted by atomic mass is 16.5. The Labute approximate surface area is 121 Å². The average molecular weight is 282 g/mol. The van der Waals surface area contributed by atoms with Crippen LogP contribution in [0.5, 0.6) is 0 Å². The maximum atomic E-state index is 12.9. The van der Waals surface area contributed by atoms with E-state index in [0.29, 0.717) is 13.0 Å². The molecule has 1 saturated heterocycles. The zero-order chi connectivity index (χ0) is 14.8. The van der Waals surface area contributed by atoms with Gasteiger partial charge >= 0.3 is 0 Å². The molecule has 2 unspecified atom stereocenters. The van der Waals surface area contributed by atoms with Crippen LogP contribution in [0, 0.1) is 0 Å². The van der Waals surface area contributed by atoms with E-state index in [9.17, 15) is 9.59 Å². The van der Waals surface area contributed by atoms with Crippen molar-refractivity contribution in [1.82, 2.24) is 10.2 Å². The Balaban J connectivity index is 2.24. The van der Waals surface area contributed by atoms with Crippen LogP contribution < -0.4 is 5.32 Å². The lowest BCUT2D eigenvalue weighted by Crippen LogP contribution is -2.71. The summed E-state index contributed by atoms with van der Waals surface area (Å²) in [5.41, 5.74) is -0.644. The zero-order valence-corrected chi connectivity index (χ0v) is 12.8. The van der Waals surface area contributed by atoms with E-state index < -0.39 is 5.54 Å². The van der Waals surface area contributed by atoms with Crippen molar-refractivity contribution in [2.24, 2.45) is 0 Å². The molecular formula is C15H26N2O3. The maximum absolute atomic E-state index is 12.9. The highest BCUT2D eigenvalue weighted by Gasteiger charge is 2.50. The summed E-state index contributed by atoms with van der Waals surface area (Å²) >= 11 is 0. The van der Waals surface area contributed by atoms with Crippen LogP contribution >= 0.6 is 0 Å². The van der Waals surface area contributed by atoms with Gasteiger partial charge in [0.1, 0.15) is 11.6 Å². The Morgan fingerprint density at radius 3 is 2.55 bits per heavy atom. The quantitative estimate of drug-likeness (QED) is 0.849. The molecule has 0 aromatic heterocycles. The van der Waals surface area contributed by atoms with Gasteiger partial charge in [0, 0.05) is 13.7 Å². The summed E-state index contributed by atoms with van der Waals surface area (Å²) in [7, 11) is 1.64. The number of nitrogens with zero attached hydrogens (tertiary/aromatic N) is 1. The minimum Gasteiger partial charge on any atom is -0.380 e. The molecule has 0 aromatic carbocycles. The van der Waals surface area contributed by atoms with Gasteiger partial charge in [-0.2, -0.15) is 0 Å². The summed E-state index contributed by atoms with van der Waals surface area (Å²) in [5.74, 6) is 0.0878. The van der Waals surface area contributed by atoms with Gasteiger partial charge in [-0.05, 0) is 26.2 Å². The van der Waals surface area contributed by atoms with Gasteiger partial charge < -0.3 is 15.0 Å². The van der Waals surface area contributed by atoms with E-state index in [2.05, 4.69) is 5.32 Å². The van der Waals surface area contributed by atoms with Crippen molar-refractivity contribution in [3.05, 3.63) is 0 Å². The smallest absolute Gasteiger partial charge is 0.249 e. The minimum absolute atomic E-state index is 0.00250. The Morgan fingerprint density at radius 2 is 2.00 bits per heavy atom. The summed E-state index contributed by atoms with van der Waals surface area (Å²) in [6, 6.07) is -0.354.